The third-order valence-corrected chi connectivity index (χ3v) is 3.00. The number of nitrogens with zero attached hydrogens (tertiary/aromatic N) is 2. The van der Waals surface area contributed by atoms with Crippen molar-refractivity contribution in [1.29, 1.82) is 5.26 Å². The molecule has 1 aromatic carbocycles. The molecule has 2 rings (SSSR count). The van der Waals surface area contributed by atoms with E-state index in [1.165, 1.54) is 0 Å². The highest BCUT2D eigenvalue weighted by Gasteiger charge is 2.24. The summed E-state index contributed by atoms with van der Waals surface area (Å²) >= 11 is 0. The molecule has 16 heavy (non-hydrogen) atoms. The summed E-state index contributed by atoms with van der Waals surface area (Å²) in [6.07, 6.45) is 0. The lowest BCUT2D eigenvalue weighted by atomic mass is 10.0. The van der Waals surface area contributed by atoms with Crippen LogP contribution in [-0.4, -0.2) is 30.6 Å². The van der Waals surface area contributed by atoms with Crippen LogP contribution in [0.15, 0.2) is 30.3 Å². The van der Waals surface area contributed by atoms with E-state index in [0.717, 1.165) is 25.2 Å². The van der Waals surface area contributed by atoms with Crippen LogP contribution >= 0.6 is 0 Å². The zero-order valence-corrected chi connectivity index (χ0v) is 9.56. The maximum Gasteiger partial charge on any atom is 0.123 e. The first kappa shape index (κ1) is 11.1. The van der Waals surface area contributed by atoms with Gasteiger partial charge in [0.15, 0.2) is 0 Å². The Labute approximate surface area is 96.7 Å². The van der Waals surface area contributed by atoms with Gasteiger partial charge in [-0.2, -0.15) is 5.26 Å². The maximum atomic E-state index is 9.31. The number of piperazine rings is 1. The van der Waals surface area contributed by atoms with Gasteiger partial charge in [0.2, 0.25) is 0 Å². The van der Waals surface area contributed by atoms with Crippen LogP contribution in [0.25, 0.3) is 0 Å². The molecule has 0 aromatic heterocycles. The monoisotopic (exact) mass is 215 g/mol. The lowest BCUT2D eigenvalue weighted by Crippen LogP contribution is -2.50. The van der Waals surface area contributed by atoms with Gasteiger partial charge in [0, 0.05) is 25.7 Å². The fourth-order valence-corrected chi connectivity index (χ4v) is 2.20. The van der Waals surface area contributed by atoms with Crippen molar-refractivity contribution >= 4 is 0 Å². The zero-order chi connectivity index (χ0) is 11.4. The van der Waals surface area contributed by atoms with Crippen molar-refractivity contribution in [3.8, 4) is 6.07 Å². The molecule has 0 radical (unpaired) electrons. The second-order valence-corrected chi connectivity index (χ2v) is 4.29. The molecule has 1 aliphatic rings. The van der Waals surface area contributed by atoms with Crippen LogP contribution in [-0.2, 0) is 0 Å². The van der Waals surface area contributed by atoms with E-state index in [1.54, 1.807) is 0 Å². The first-order chi connectivity index (χ1) is 7.81. The van der Waals surface area contributed by atoms with Crippen molar-refractivity contribution in [3.05, 3.63) is 35.9 Å². The van der Waals surface area contributed by atoms with Gasteiger partial charge < -0.3 is 5.32 Å². The molecule has 2 atom stereocenters. The molecule has 0 unspecified atom stereocenters. The van der Waals surface area contributed by atoms with Gasteiger partial charge in [-0.25, -0.2) is 0 Å². The summed E-state index contributed by atoms with van der Waals surface area (Å²) in [6, 6.07) is 12.8. The Bertz CT molecular complexity index is 369. The molecule has 0 bridgehead atoms. The number of nitrogens with one attached hydrogen (secondary N) is 1. The molecule has 0 amide bonds. The van der Waals surface area contributed by atoms with Crippen molar-refractivity contribution in [1.82, 2.24) is 10.2 Å². The SMILES string of the molecule is C[C@@H]1CN([C@@H](C#N)c2ccccc2)CCN1. The van der Waals surface area contributed by atoms with E-state index in [0.29, 0.717) is 6.04 Å². The zero-order valence-electron chi connectivity index (χ0n) is 9.56. The Morgan fingerprint density at radius 1 is 1.44 bits per heavy atom. The average Bonchev–Trinajstić information content (AvgIpc) is 2.31. The molecule has 0 saturated carbocycles. The van der Waals surface area contributed by atoms with Crippen molar-refractivity contribution in [2.45, 2.75) is 19.0 Å². The Balaban J connectivity index is 2.14. The molecule has 1 saturated heterocycles. The summed E-state index contributed by atoms with van der Waals surface area (Å²) in [4.78, 5) is 2.25. The summed E-state index contributed by atoms with van der Waals surface area (Å²) in [5, 5.41) is 12.7. The van der Waals surface area contributed by atoms with E-state index in [-0.39, 0.29) is 6.04 Å². The fourth-order valence-electron chi connectivity index (χ4n) is 2.20. The third-order valence-electron chi connectivity index (χ3n) is 3.00. The number of benzene rings is 1. The van der Waals surface area contributed by atoms with Gasteiger partial charge >= 0.3 is 0 Å². The first-order valence-electron chi connectivity index (χ1n) is 5.73. The highest BCUT2D eigenvalue weighted by molar-refractivity contribution is 5.24. The molecule has 3 nitrogen and oxygen atoms in total. The summed E-state index contributed by atoms with van der Waals surface area (Å²) < 4.78 is 0. The summed E-state index contributed by atoms with van der Waals surface area (Å²) in [6.45, 7) is 5.00. The molecule has 3 heteroatoms. The van der Waals surface area contributed by atoms with Gasteiger partial charge in [-0.05, 0) is 12.5 Å². The predicted molar refractivity (Wildman–Crippen MR) is 63.8 cm³/mol. The third kappa shape index (κ3) is 2.41. The molecular weight excluding hydrogens is 198 g/mol. The van der Waals surface area contributed by atoms with E-state index in [1.807, 2.05) is 30.3 Å². The molecule has 0 spiro atoms. The van der Waals surface area contributed by atoms with Gasteiger partial charge in [-0.15, -0.1) is 0 Å². The minimum Gasteiger partial charge on any atom is -0.312 e. The van der Waals surface area contributed by atoms with Crippen LogP contribution in [0.1, 0.15) is 18.5 Å². The minimum absolute atomic E-state index is 0.106. The molecule has 0 aliphatic carbocycles. The Morgan fingerprint density at radius 3 is 2.81 bits per heavy atom. The van der Waals surface area contributed by atoms with Gasteiger partial charge in [-0.1, -0.05) is 30.3 Å². The van der Waals surface area contributed by atoms with E-state index in [2.05, 4.69) is 23.2 Å². The molecule has 84 valence electrons. The van der Waals surface area contributed by atoms with Crippen LogP contribution in [0.4, 0.5) is 0 Å². The van der Waals surface area contributed by atoms with E-state index in [9.17, 15) is 5.26 Å². The smallest absolute Gasteiger partial charge is 0.123 e. The van der Waals surface area contributed by atoms with Crippen LogP contribution in [0, 0.1) is 11.3 Å². The Hall–Kier alpha value is -1.37. The van der Waals surface area contributed by atoms with Gasteiger partial charge in [0.05, 0.1) is 6.07 Å². The number of nitriles is 1. The minimum atomic E-state index is -0.106. The van der Waals surface area contributed by atoms with Crippen LogP contribution in [0.5, 0.6) is 0 Å². The summed E-state index contributed by atoms with van der Waals surface area (Å²) in [7, 11) is 0. The lowest BCUT2D eigenvalue weighted by Gasteiger charge is -2.34. The molecule has 1 N–H and O–H groups in total. The maximum absolute atomic E-state index is 9.31. The van der Waals surface area contributed by atoms with Crippen molar-refractivity contribution < 1.29 is 0 Å². The quantitative estimate of drug-likeness (QED) is 0.813. The molecule has 1 aliphatic heterocycles. The van der Waals surface area contributed by atoms with Gasteiger partial charge in [-0.3, -0.25) is 4.90 Å². The fraction of sp³-hybridized carbons (Fsp3) is 0.462. The Morgan fingerprint density at radius 2 is 2.19 bits per heavy atom. The van der Waals surface area contributed by atoms with Crippen LogP contribution < -0.4 is 5.32 Å². The number of hydrogen-bond acceptors (Lipinski definition) is 3. The van der Waals surface area contributed by atoms with Gasteiger partial charge in [0.25, 0.3) is 0 Å². The van der Waals surface area contributed by atoms with E-state index < -0.39 is 0 Å². The second kappa shape index (κ2) is 5.11. The second-order valence-electron chi connectivity index (χ2n) is 4.29. The first-order valence-corrected chi connectivity index (χ1v) is 5.73. The lowest BCUT2D eigenvalue weighted by molar-refractivity contribution is 0.178. The van der Waals surface area contributed by atoms with Crippen molar-refractivity contribution in [2.24, 2.45) is 0 Å². The van der Waals surface area contributed by atoms with Crippen LogP contribution in [0.2, 0.25) is 0 Å². The molecule has 1 heterocycles. The molecule has 1 fully saturated rings. The topological polar surface area (TPSA) is 39.1 Å². The summed E-state index contributed by atoms with van der Waals surface area (Å²) in [5.41, 5.74) is 1.10. The molecule has 1 aromatic rings. The summed E-state index contributed by atoms with van der Waals surface area (Å²) in [5.74, 6) is 0. The van der Waals surface area contributed by atoms with Gasteiger partial charge in [0.1, 0.15) is 6.04 Å². The van der Waals surface area contributed by atoms with Crippen molar-refractivity contribution in [3.63, 3.8) is 0 Å². The largest absolute Gasteiger partial charge is 0.312 e. The average molecular weight is 215 g/mol. The highest BCUT2D eigenvalue weighted by Crippen LogP contribution is 2.20. The van der Waals surface area contributed by atoms with E-state index >= 15 is 0 Å². The van der Waals surface area contributed by atoms with Crippen LogP contribution in [0.3, 0.4) is 0 Å². The normalized spacial score (nSPS) is 23.6. The van der Waals surface area contributed by atoms with Crippen molar-refractivity contribution in [2.75, 3.05) is 19.6 Å². The number of rotatable bonds is 2. The highest BCUT2D eigenvalue weighted by atomic mass is 15.2. The number of hydrogen-bond donors (Lipinski definition) is 1. The Kier molecular flexibility index (Phi) is 3.55. The predicted octanol–water partition coefficient (Wildman–Crippen LogP) is 1.54. The standard InChI is InChI=1S/C13H17N3/c1-11-10-16(8-7-15-11)13(9-14)12-5-3-2-4-6-12/h2-6,11,13,15H,7-8,10H2,1H3/t11-,13+/m1/s1. The van der Waals surface area contributed by atoms with E-state index in [4.69, 9.17) is 0 Å². The molecular formula is C13H17N3.